The minimum atomic E-state index is -0.941. The second kappa shape index (κ2) is 9.47. The number of amides is 1. The van der Waals surface area contributed by atoms with Gasteiger partial charge in [0.15, 0.2) is 5.82 Å². The number of imidazole rings is 1. The number of esters is 1. The number of allylic oxidation sites excluding steroid dienone is 1. The fraction of sp³-hybridized carbons (Fsp3) is 0.517. The molecule has 198 valence electrons. The van der Waals surface area contributed by atoms with Gasteiger partial charge in [0.2, 0.25) is 5.78 Å². The number of carbonyl (C=O) groups is 3. The van der Waals surface area contributed by atoms with Crippen LogP contribution in [-0.4, -0.2) is 44.6 Å². The third kappa shape index (κ3) is 5.20. The average Bonchev–Trinajstić information content (AvgIpc) is 3.38. The number of para-hydroxylation sites is 1. The molecule has 2 aliphatic rings. The van der Waals surface area contributed by atoms with E-state index in [0.29, 0.717) is 17.9 Å². The molecule has 0 N–H and O–H groups in total. The van der Waals surface area contributed by atoms with Gasteiger partial charge in [-0.05, 0) is 73.5 Å². The van der Waals surface area contributed by atoms with Crippen LogP contribution < -0.4 is 4.90 Å². The fourth-order valence-corrected chi connectivity index (χ4v) is 5.12. The first-order chi connectivity index (χ1) is 17.2. The Kier molecular flexibility index (Phi) is 6.82. The Morgan fingerprint density at radius 1 is 1.00 bits per heavy atom. The van der Waals surface area contributed by atoms with E-state index in [1.807, 2.05) is 48.8 Å². The molecule has 2 heterocycles. The first kappa shape index (κ1) is 26.6. The fourth-order valence-electron chi connectivity index (χ4n) is 5.12. The molecule has 1 aliphatic heterocycles. The molecule has 37 heavy (non-hydrogen) atoms. The van der Waals surface area contributed by atoms with Crippen molar-refractivity contribution in [3.8, 4) is 0 Å². The SMILES string of the molecule is CC(C)n1ccnc1C(=O)[C@@H]1CC=C2c3ccccc3N(C(=O)OC(C)(C)C)[C@H]2[C@H]1C(=O)OC(C)(C)C. The summed E-state index contributed by atoms with van der Waals surface area (Å²) in [7, 11) is 0. The first-order valence-electron chi connectivity index (χ1n) is 12.8. The number of rotatable bonds is 4. The Morgan fingerprint density at radius 3 is 2.27 bits per heavy atom. The van der Waals surface area contributed by atoms with Gasteiger partial charge in [-0.15, -0.1) is 0 Å². The topological polar surface area (TPSA) is 90.7 Å². The second-order valence-electron chi connectivity index (χ2n) is 12.0. The minimum absolute atomic E-state index is 0.0186. The zero-order valence-electron chi connectivity index (χ0n) is 22.9. The van der Waals surface area contributed by atoms with E-state index < -0.39 is 41.1 Å². The number of hydrogen-bond acceptors (Lipinski definition) is 6. The standard InChI is InChI=1S/C29H37N3O5/c1-17(2)31-16-15-30-25(31)24(33)20-14-13-19-18-11-9-10-12-21(18)32(27(35)37-29(6,7)8)23(19)22(20)26(34)36-28(3,4)5/h9-13,15-17,20,22-23H,14H2,1-8H3/t20-,22+,23-/m1/s1. The van der Waals surface area contributed by atoms with Crippen molar-refractivity contribution >= 4 is 29.1 Å². The number of hydrogen-bond donors (Lipinski definition) is 0. The Balaban J connectivity index is 1.85. The van der Waals surface area contributed by atoms with Crippen molar-refractivity contribution in [3.05, 3.63) is 54.1 Å². The van der Waals surface area contributed by atoms with E-state index in [1.165, 1.54) is 4.90 Å². The molecule has 2 aromatic rings. The number of ketones is 1. The highest BCUT2D eigenvalue weighted by Gasteiger charge is 2.54. The van der Waals surface area contributed by atoms with E-state index in [-0.39, 0.29) is 11.8 Å². The molecule has 0 bridgehead atoms. The third-order valence-electron chi connectivity index (χ3n) is 6.49. The van der Waals surface area contributed by atoms with Gasteiger partial charge in [0.25, 0.3) is 0 Å². The second-order valence-corrected chi connectivity index (χ2v) is 12.0. The Labute approximate surface area is 218 Å². The lowest BCUT2D eigenvalue weighted by molar-refractivity contribution is -0.161. The monoisotopic (exact) mass is 507 g/mol. The van der Waals surface area contributed by atoms with Crippen LogP contribution in [0.3, 0.4) is 0 Å². The Morgan fingerprint density at radius 2 is 1.65 bits per heavy atom. The number of carbonyl (C=O) groups excluding carboxylic acids is 3. The van der Waals surface area contributed by atoms with Crippen LogP contribution in [0.4, 0.5) is 10.5 Å². The summed E-state index contributed by atoms with van der Waals surface area (Å²) in [6.07, 6.45) is 5.09. The summed E-state index contributed by atoms with van der Waals surface area (Å²) in [4.78, 5) is 47.3. The normalized spacial score (nSPS) is 21.3. The van der Waals surface area contributed by atoms with Crippen molar-refractivity contribution in [3.63, 3.8) is 0 Å². The van der Waals surface area contributed by atoms with Crippen molar-refractivity contribution < 1.29 is 23.9 Å². The molecule has 3 atom stereocenters. The lowest BCUT2D eigenvalue weighted by Crippen LogP contribution is -2.52. The quantitative estimate of drug-likeness (QED) is 0.382. The molecule has 0 spiro atoms. The van der Waals surface area contributed by atoms with Crippen molar-refractivity contribution in [2.45, 2.75) is 85.1 Å². The number of Topliss-reactive ketones (excluding diaryl/α,β-unsaturated/α-hetero) is 1. The van der Waals surface area contributed by atoms with E-state index in [0.717, 1.165) is 11.1 Å². The molecule has 0 saturated heterocycles. The van der Waals surface area contributed by atoms with E-state index in [2.05, 4.69) is 4.98 Å². The van der Waals surface area contributed by atoms with E-state index in [1.54, 1.807) is 53.9 Å². The molecular weight excluding hydrogens is 470 g/mol. The number of benzene rings is 1. The molecule has 1 aromatic heterocycles. The van der Waals surface area contributed by atoms with Gasteiger partial charge in [-0.25, -0.2) is 9.78 Å². The van der Waals surface area contributed by atoms with Crippen LogP contribution in [0.2, 0.25) is 0 Å². The van der Waals surface area contributed by atoms with Crippen LogP contribution in [0.5, 0.6) is 0 Å². The Bertz CT molecular complexity index is 1240. The van der Waals surface area contributed by atoms with Crippen molar-refractivity contribution in [1.29, 1.82) is 0 Å². The molecule has 0 saturated carbocycles. The molecule has 8 heteroatoms. The van der Waals surface area contributed by atoms with Gasteiger partial charge in [-0.2, -0.15) is 0 Å². The summed E-state index contributed by atoms with van der Waals surface area (Å²) in [5, 5.41) is 0. The number of ether oxygens (including phenoxy) is 2. The predicted octanol–water partition coefficient (Wildman–Crippen LogP) is 5.83. The van der Waals surface area contributed by atoms with Gasteiger partial charge >= 0.3 is 12.1 Å². The molecule has 0 unspecified atom stereocenters. The highest BCUT2D eigenvalue weighted by Crippen LogP contribution is 2.50. The molecule has 4 rings (SSSR count). The van der Waals surface area contributed by atoms with Crippen LogP contribution in [0.1, 0.15) is 84.0 Å². The molecule has 1 aliphatic carbocycles. The summed E-state index contributed by atoms with van der Waals surface area (Å²) >= 11 is 0. The van der Waals surface area contributed by atoms with E-state index in [4.69, 9.17) is 9.47 Å². The van der Waals surface area contributed by atoms with Crippen molar-refractivity contribution in [1.82, 2.24) is 9.55 Å². The van der Waals surface area contributed by atoms with Gasteiger partial charge in [-0.3, -0.25) is 14.5 Å². The zero-order valence-corrected chi connectivity index (χ0v) is 22.9. The third-order valence-corrected chi connectivity index (χ3v) is 6.49. The highest BCUT2D eigenvalue weighted by molar-refractivity contribution is 6.06. The molecule has 8 nitrogen and oxygen atoms in total. The number of nitrogens with zero attached hydrogens (tertiary/aromatic N) is 3. The van der Waals surface area contributed by atoms with Gasteiger partial charge in [0, 0.05) is 29.9 Å². The zero-order chi connectivity index (χ0) is 27.3. The summed E-state index contributed by atoms with van der Waals surface area (Å²) in [6.45, 7) is 14.7. The minimum Gasteiger partial charge on any atom is -0.460 e. The highest BCUT2D eigenvalue weighted by atomic mass is 16.6. The van der Waals surface area contributed by atoms with Crippen LogP contribution in [0.25, 0.3) is 5.57 Å². The predicted molar refractivity (Wildman–Crippen MR) is 141 cm³/mol. The molecule has 0 fully saturated rings. The van der Waals surface area contributed by atoms with Crippen LogP contribution in [0.15, 0.2) is 42.7 Å². The van der Waals surface area contributed by atoms with Crippen LogP contribution in [-0.2, 0) is 14.3 Å². The number of fused-ring (bicyclic) bond motifs is 3. The van der Waals surface area contributed by atoms with Crippen molar-refractivity contribution in [2.24, 2.45) is 11.8 Å². The molecule has 1 amide bonds. The van der Waals surface area contributed by atoms with Gasteiger partial charge in [-0.1, -0.05) is 24.3 Å². The molecule has 1 aromatic carbocycles. The smallest absolute Gasteiger partial charge is 0.415 e. The Hall–Kier alpha value is -3.42. The molecule has 0 radical (unpaired) electrons. The lowest BCUT2D eigenvalue weighted by Gasteiger charge is -2.39. The van der Waals surface area contributed by atoms with Gasteiger partial charge < -0.3 is 14.0 Å². The van der Waals surface area contributed by atoms with Gasteiger partial charge in [0.05, 0.1) is 17.6 Å². The summed E-state index contributed by atoms with van der Waals surface area (Å²) in [6, 6.07) is 6.79. The summed E-state index contributed by atoms with van der Waals surface area (Å²) < 4.78 is 13.5. The largest absolute Gasteiger partial charge is 0.460 e. The maximum atomic E-state index is 14.0. The van der Waals surface area contributed by atoms with E-state index in [9.17, 15) is 14.4 Å². The van der Waals surface area contributed by atoms with E-state index >= 15 is 0 Å². The van der Waals surface area contributed by atoms with Crippen LogP contribution in [0, 0.1) is 11.8 Å². The lowest BCUT2D eigenvalue weighted by atomic mass is 9.73. The molecular formula is C29H37N3O5. The van der Waals surface area contributed by atoms with Crippen LogP contribution >= 0.6 is 0 Å². The number of aromatic nitrogens is 2. The summed E-state index contributed by atoms with van der Waals surface area (Å²) in [5.74, 6) is -2.17. The maximum absolute atomic E-state index is 14.0. The maximum Gasteiger partial charge on any atom is 0.415 e. The summed E-state index contributed by atoms with van der Waals surface area (Å²) in [5.41, 5.74) is 0.810. The van der Waals surface area contributed by atoms with Gasteiger partial charge in [0.1, 0.15) is 11.2 Å². The van der Waals surface area contributed by atoms with Crippen molar-refractivity contribution in [2.75, 3.05) is 4.90 Å². The average molecular weight is 508 g/mol. The number of anilines is 1. The first-order valence-corrected chi connectivity index (χ1v) is 12.8.